The molecular formula is C14H20N2O3S. The molecule has 0 spiro atoms. The maximum Gasteiger partial charge on any atom is 0.254 e. The van der Waals surface area contributed by atoms with Gasteiger partial charge in [-0.3, -0.25) is 4.79 Å². The van der Waals surface area contributed by atoms with Gasteiger partial charge in [0.25, 0.3) is 5.91 Å². The lowest BCUT2D eigenvalue weighted by Crippen LogP contribution is -2.33. The van der Waals surface area contributed by atoms with E-state index >= 15 is 0 Å². The number of hydrogen-bond acceptors (Lipinski definition) is 3. The van der Waals surface area contributed by atoms with Crippen LogP contribution in [0, 0.1) is 0 Å². The first-order valence-electron chi connectivity index (χ1n) is 6.85. The summed E-state index contributed by atoms with van der Waals surface area (Å²) >= 11 is 0. The molecule has 1 amide bonds. The monoisotopic (exact) mass is 296 g/mol. The zero-order valence-electron chi connectivity index (χ0n) is 11.8. The molecule has 2 rings (SSSR count). The molecule has 0 unspecified atom stereocenters. The number of benzene rings is 1. The van der Waals surface area contributed by atoms with Crippen LogP contribution < -0.4 is 5.14 Å². The maximum absolute atomic E-state index is 12.6. The molecule has 0 atom stereocenters. The minimum atomic E-state index is -3.79. The average molecular weight is 296 g/mol. The zero-order chi connectivity index (χ0) is 14.9. The van der Waals surface area contributed by atoms with Gasteiger partial charge in [0.05, 0.1) is 4.90 Å². The molecule has 0 bridgehead atoms. The maximum atomic E-state index is 12.6. The number of aryl methyl sites for hydroxylation is 1. The van der Waals surface area contributed by atoms with Crippen LogP contribution in [0.1, 0.15) is 42.6 Å². The standard InChI is InChI=1S/C14H20N2O3S/c1-3-10-5-8-12(20(15,18)19)9-13(10)14(17)16(4-2)11-6-7-11/h5,8-9,11H,3-4,6-7H2,1-2H3,(H2,15,18,19). The summed E-state index contributed by atoms with van der Waals surface area (Å²) in [5.74, 6) is -0.0997. The van der Waals surface area contributed by atoms with Crippen molar-refractivity contribution in [3.05, 3.63) is 29.3 Å². The molecule has 1 fully saturated rings. The Bertz CT molecular complexity index is 621. The summed E-state index contributed by atoms with van der Waals surface area (Å²) in [6.07, 6.45) is 2.72. The Kier molecular flexibility index (Phi) is 4.15. The number of carbonyl (C=O) groups is 1. The Morgan fingerprint density at radius 1 is 1.35 bits per heavy atom. The molecule has 0 radical (unpaired) electrons. The summed E-state index contributed by atoms with van der Waals surface area (Å²) in [5.41, 5.74) is 1.30. The summed E-state index contributed by atoms with van der Waals surface area (Å²) < 4.78 is 22.9. The Balaban J connectivity index is 2.44. The Labute approximate surface area is 119 Å². The zero-order valence-corrected chi connectivity index (χ0v) is 12.6. The number of carbonyl (C=O) groups excluding carboxylic acids is 1. The van der Waals surface area contributed by atoms with Gasteiger partial charge in [-0.15, -0.1) is 0 Å². The predicted molar refractivity (Wildman–Crippen MR) is 76.9 cm³/mol. The smallest absolute Gasteiger partial charge is 0.254 e. The number of nitrogens with zero attached hydrogens (tertiary/aromatic N) is 1. The summed E-state index contributed by atoms with van der Waals surface area (Å²) in [6.45, 7) is 4.51. The second-order valence-corrected chi connectivity index (χ2v) is 6.60. The van der Waals surface area contributed by atoms with Gasteiger partial charge in [0.15, 0.2) is 0 Å². The number of nitrogens with two attached hydrogens (primary N) is 1. The van der Waals surface area contributed by atoms with Crippen LogP contribution in [-0.4, -0.2) is 31.8 Å². The van der Waals surface area contributed by atoms with E-state index < -0.39 is 10.0 Å². The Hall–Kier alpha value is -1.40. The van der Waals surface area contributed by atoms with Crippen LogP contribution >= 0.6 is 0 Å². The molecule has 20 heavy (non-hydrogen) atoms. The second-order valence-electron chi connectivity index (χ2n) is 5.04. The van der Waals surface area contributed by atoms with Crippen molar-refractivity contribution >= 4 is 15.9 Å². The van der Waals surface area contributed by atoms with E-state index in [1.165, 1.54) is 12.1 Å². The number of rotatable bonds is 5. The number of primary sulfonamides is 1. The van der Waals surface area contributed by atoms with Gasteiger partial charge in [0.1, 0.15) is 0 Å². The third-order valence-corrected chi connectivity index (χ3v) is 4.52. The SMILES string of the molecule is CCc1ccc(S(N)(=O)=O)cc1C(=O)N(CC)C1CC1. The van der Waals surface area contributed by atoms with Crippen molar-refractivity contribution < 1.29 is 13.2 Å². The van der Waals surface area contributed by atoms with Gasteiger partial charge in [-0.1, -0.05) is 13.0 Å². The van der Waals surface area contributed by atoms with Crippen molar-refractivity contribution in [2.24, 2.45) is 5.14 Å². The first-order chi connectivity index (χ1) is 9.38. The third kappa shape index (κ3) is 3.02. The van der Waals surface area contributed by atoms with Crippen LogP contribution in [0.3, 0.4) is 0 Å². The van der Waals surface area contributed by atoms with Gasteiger partial charge >= 0.3 is 0 Å². The van der Waals surface area contributed by atoms with Crippen LogP contribution in [-0.2, 0) is 16.4 Å². The van der Waals surface area contributed by atoms with Crippen LogP contribution in [0.2, 0.25) is 0 Å². The minimum absolute atomic E-state index is 0.00935. The van der Waals surface area contributed by atoms with E-state index in [9.17, 15) is 13.2 Å². The van der Waals surface area contributed by atoms with Gasteiger partial charge in [0.2, 0.25) is 10.0 Å². The van der Waals surface area contributed by atoms with Crippen LogP contribution in [0.25, 0.3) is 0 Å². The summed E-state index contributed by atoms with van der Waals surface area (Å²) in [5, 5.41) is 5.15. The molecule has 6 heteroatoms. The highest BCUT2D eigenvalue weighted by Crippen LogP contribution is 2.29. The van der Waals surface area contributed by atoms with Crippen LogP contribution in [0.15, 0.2) is 23.1 Å². The molecule has 2 N–H and O–H groups in total. The fourth-order valence-corrected chi connectivity index (χ4v) is 2.89. The van der Waals surface area contributed by atoms with Gasteiger partial charge in [-0.2, -0.15) is 0 Å². The Morgan fingerprint density at radius 2 is 2.00 bits per heavy atom. The molecule has 0 saturated heterocycles. The molecule has 1 saturated carbocycles. The van der Waals surface area contributed by atoms with E-state index in [0.29, 0.717) is 24.6 Å². The summed E-state index contributed by atoms with van der Waals surface area (Å²) in [4.78, 5) is 14.4. The normalized spacial score (nSPS) is 15.2. The third-order valence-electron chi connectivity index (χ3n) is 3.61. The molecule has 1 aliphatic carbocycles. The largest absolute Gasteiger partial charge is 0.336 e. The first-order valence-corrected chi connectivity index (χ1v) is 8.39. The lowest BCUT2D eigenvalue weighted by Gasteiger charge is -2.22. The molecule has 1 aliphatic rings. The average Bonchev–Trinajstić information content (AvgIpc) is 3.22. The predicted octanol–water partition coefficient (Wildman–Crippen LogP) is 1.52. The van der Waals surface area contributed by atoms with Gasteiger partial charge in [-0.05, 0) is 43.9 Å². The van der Waals surface area contributed by atoms with E-state index in [4.69, 9.17) is 5.14 Å². The molecule has 0 aliphatic heterocycles. The highest BCUT2D eigenvalue weighted by Gasteiger charge is 2.32. The lowest BCUT2D eigenvalue weighted by atomic mass is 10.0. The molecular weight excluding hydrogens is 276 g/mol. The van der Waals surface area contributed by atoms with Crippen molar-refractivity contribution in [2.45, 2.75) is 44.0 Å². The van der Waals surface area contributed by atoms with E-state index in [1.807, 2.05) is 13.8 Å². The molecule has 1 aromatic rings. The van der Waals surface area contributed by atoms with Crippen LogP contribution in [0.5, 0.6) is 0 Å². The number of hydrogen-bond donors (Lipinski definition) is 1. The van der Waals surface area contributed by atoms with Crippen molar-refractivity contribution in [2.75, 3.05) is 6.54 Å². The fraction of sp³-hybridized carbons (Fsp3) is 0.500. The fourth-order valence-electron chi connectivity index (χ4n) is 2.35. The first kappa shape index (κ1) is 15.0. The van der Waals surface area contributed by atoms with E-state index in [2.05, 4.69) is 0 Å². The topological polar surface area (TPSA) is 80.5 Å². The number of amides is 1. The van der Waals surface area contributed by atoms with Crippen molar-refractivity contribution in [3.63, 3.8) is 0 Å². The molecule has 110 valence electrons. The van der Waals surface area contributed by atoms with Crippen molar-refractivity contribution in [1.29, 1.82) is 0 Å². The quantitative estimate of drug-likeness (QED) is 0.894. The van der Waals surface area contributed by atoms with E-state index in [0.717, 1.165) is 18.4 Å². The van der Waals surface area contributed by atoms with Crippen molar-refractivity contribution in [3.8, 4) is 0 Å². The molecule has 0 aromatic heterocycles. The summed E-state index contributed by atoms with van der Waals surface area (Å²) in [6, 6.07) is 4.84. The highest BCUT2D eigenvalue weighted by atomic mass is 32.2. The van der Waals surface area contributed by atoms with Crippen LogP contribution in [0.4, 0.5) is 0 Å². The van der Waals surface area contributed by atoms with Crippen molar-refractivity contribution in [1.82, 2.24) is 4.90 Å². The molecule has 5 nitrogen and oxygen atoms in total. The molecule has 1 aromatic carbocycles. The summed E-state index contributed by atoms with van der Waals surface area (Å²) in [7, 11) is -3.79. The van der Waals surface area contributed by atoms with E-state index in [1.54, 1.807) is 11.0 Å². The number of sulfonamides is 1. The van der Waals surface area contributed by atoms with Gasteiger partial charge < -0.3 is 4.90 Å². The second kappa shape index (κ2) is 5.54. The molecule has 0 heterocycles. The highest BCUT2D eigenvalue weighted by molar-refractivity contribution is 7.89. The van der Waals surface area contributed by atoms with Gasteiger partial charge in [0, 0.05) is 18.2 Å². The van der Waals surface area contributed by atoms with E-state index in [-0.39, 0.29) is 10.8 Å². The minimum Gasteiger partial charge on any atom is -0.336 e. The Morgan fingerprint density at radius 3 is 2.45 bits per heavy atom. The van der Waals surface area contributed by atoms with Gasteiger partial charge in [-0.25, -0.2) is 13.6 Å². The lowest BCUT2D eigenvalue weighted by molar-refractivity contribution is 0.0751.